The van der Waals surface area contributed by atoms with Gasteiger partial charge in [0.2, 0.25) is 0 Å². The van der Waals surface area contributed by atoms with Gasteiger partial charge in [-0.25, -0.2) is 4.98 Å². The van der Waals surface area contributed by atoms with E-state index in [1.165, 1.54) is 30.6 Å². The average Bonchev–Trinajstić information content (AvgIpc) is 2.98. The molecule has 1 aromatic heterocycles. The summed E-state index contributed by atoms with van der Waals surface area (Å²) in [6, 6.07) is 0. The maximum absolute atomic E-state index is 9.46. The van der Waals surface area contributed by atoms with Crippen molar-refractivity contribution in [2.75, 3.05) is 31.1 Å². The molecule has 0 aromatic carbocycles. The van der Waals surface area contributed by atoms with E-state index in [1.807, 2.05) is 6.20 Å². The molecular weight excluding hydrogens is 282 g/mol. The van der Waals surface area contributed by atoms with Crippen LogP contribution in [0.5, 0.6) is 0 Å². The van der Waals surface area contributed by atoms with E-state index in [9.17, 15) is 5.11 Å². The average molecular weight is 311 g/mol. The van der Waals surface area contributed by atoms with Crippen molar-refractivity contribution in [2.45, 2.75) is 46.1 Å². The smallest absolute Gasteiger partial charge is 0.185 e. The topological polar surface area (TPSA) is 48.4 Å². The van der Waals surface area contributed by atoms with Crippen molar-refractivity contribution in [1.82, 2.24) is 10.3 Å². The molecule has 1 fully saturated rings. The first-order valence-corrected chi connectivity index (χ1v) is 9.11. The molecule has 5 heteroatoms. The fourth-order valence-corrected chi connectivity index (χ4v) is 4.20. The highest BCUT2D eigenvalue weighted by Gasteiger charge is 2.23. The van der Waals surface area contributed by atoms with Crippen LogP contribution in [0.15, 0.2) is 6.20 Å². The van der Waals surface area contributed by atoms with Crippen LogP contribution in [-0.4, -0.2) is 36.3 Å². The van der Waals surface area contributed by atoms with Crippen LogP contribution in [0.4, 0.5) is 5.13 Å². The first kappa shape index (κ1) is 16.7. The van der Waals surface area contributed by atoms with Crippen LogP contribution in [0.3, 0.4) is 0 Å². The number of nitrogens with one attached hydrogen (secondary N) is 1. The Bertz CT molecular complexity index is 406. The molecule has 2 unspecified atom stereocenters. The zero-order chi connectivity index (χ0) is 15.1. The predicted octanol–water partition coefficient (Wildman–Crippen LogP) is 2.88. The summed E-state index contributed by atoms with van der Waals surface area (Å²) in [5.74, 6) is 1.14. The molecule has 120 valence electrons. The van der Waals surface area contributed by atoms with Crippen LogP contribution in [0.25, 0.3) is 0 Å². The number of aromatic nitrogens is 1. The molecule has 2 atom stereocenters. The van der Waals surface area contributed by atoms with Crippen LogP contribution < -0.4 is 10.2 Å². The highest BCUT2D eigenvalue weighted by atomic mass is 32.1. The van der Waals surface area contributed by atoms with E-state index < -0.39 is 0 Å². The summed E-state index contributed by atoms with van der Waals surface area (Å²) >= 11 is 1.79. The number of rotatable bonds is 8. The minimum atomic E-state index is 0.346. The molecule has 0 amide bonds. The molecule has 21 heavy (non-hydrogen) atoms. The summed E-state index contributed by atoms with van der Waals surface area (Å²) < 4.78 is 0. The van der Waals surface area contributed by atoms with Crippen molar-refractivity contribution in [3.05, 3.63) is 11.1 Å². The zero-order valence-electron chi connectivity index (χ0n) is 13.3. The molecule has 2 rings (SSSR count). The molecule has 0 bridgehead atoms. The molecular formula is C16H29N3OS. The summed E-state index contributed by atoms with van der Waals surface area (Å²) in [7, 11) is 0. The molecule has 4 nitrogen and oxygen atoms in total. The molecule has 1 aromatic rings. The van der Waals surface area contributed by atoms with Crippen molar-refractivity contribution in [3.63, 3.8) is 0 Å². The number of thiazole rings is 1. The van der Waals surface area contributed by atoms with Gasteiger partial charge in [0.1, 0.15) is 0 Å². The molecule has 2 N–H and O–H groups in total. The third-order valence-electron chi connectivity index (χ3n) is 4.58. The van der Waals surface area contributed by atoms with E-state index in [4.69, 9.17) is 0 Å². The van der Waals surface area contributed by atoms with Crippen molar-refractivity contribution in [2.24, 2.45) is 11.8 Å². The fourth-order valence-electron chi connectivity index (χ4n) is 3.19. The molecule has 1 heterocycles. The number of hydrogen-bond donors (Lipinski definition) is 2. The van der Waals surface area contributed by atoms with Crippen LogP contribution in [0.2, 0.25) is 0 Å². The van der Waals surface area contributed by atoms with E-state index in [1.54, 1.807) is 11.3 Å². The van der Waals surface area contributed by atoms with Gasteiger partial charge in [-0.05, 0) is 45.1 Å². The normalized spacial score (nSPS) is 22.4. The largest absolute Gasteiger partial charge is 0.396 e. The number of nitrogens with zero attached hydrogens (tertiary/aromatic N) is 2. The van der Waals surface area contributed by atoms with Crippen LogP contribution in [0.1, 0.15) is 44.4 Å². The first-order chi connectivity index (χ1) is 10.3. The van der Waals surface area contributed by atoms with Gasteiger partial charge in [0, 0.05) is 37.3 Å². The van der Waals surface area contributed by atoms with Crippen molar-refractivity contribution >= 4 is 16.5 Å². The second-order valence-corrected chi connectivity index (χ2v) is 6.99. The highest BCUT2D eigenvalue weighted by Crippen LogP contribution is 2.29. The summed E-state index contributed by atoms with van der Waals surface area (Å²) in [5, 5.41) is 14.1. The van der Waals surface area contributed by atoms with Gasteiger partial charge in [0.05, 0.1) is 0 Å². The number of aliphatic hydroxyl groups is 1. The molecule has 0 spiro atoms. The lowest BCUT2D eigenvalue weighted by molar-refractivity contribution is 0.133. The maximum Gasteiger partial charge on any atom is 0.185 e. The Morgan fingerprint density at radius 1 is 1.29 bits per heavy atom. The van der Waals surface area contributed by atoms with Crippen LogP contribution in [0, 0.1) is 11.8 Å². The molecule has 1 aliphatic carbocycles. The van der Waals surface area contributed by atoms with Gasteiger partial charge < -0.3 is 15.3 Å². The second kappa shape index (κ2) is 8.71. The summed E-state index contributed by atoms with van der Waals surface area (Å²) in [6.07, 6.45) is 7.04. The van der Waals surface area contributed by atoms with Gasteiger partial charge >= 0.3 is 0 Å². The van der Waals surface area contributed by atoms with E-state index in [2.05, 4.69) is 29.0 Å². The van der Waals surface area contributed by atoms with Gasteiger partial charge in [-0.2, -0.15) is 0 Å². The Morgan fingerprint density at radius 2 is 2.00 bits per heavy atom. The SMILES string of the molecule is CCN(CC)c1ncc(CNCC2CCCCC2CO)s1. The summed E-state index contributed by atoms with van der Waals surface area (Å²) in [4.78, 5) is 8.11. The fraction of sp³-hybridized carbons (Fsp3) is 0.812. The maximum atomic E-state index is 9.46. The summed E-state index contributed by atoms with van der Waals surface area (Å²) in [5.41, 5.74) is 0. The monoisotopic (exact) mass is 311 g/mol. The number of hydrogen-bond acceptors (Lipinski definition) is 5. The van der Waals surface area contributed by atoms with Gasteiger partial charge in [-0.3, -0.25) is 0 Å². The Kier molecular flexibility index (Phi) is 6.93. The predicted molar refractivity (Wildman–Crippen MR) is 89.9 cm³/mol. The van der Waals surface area contributed by atoms with Gasteiger partial charge in [-0.15, -0.1) is 11.3 Å². The summed E-state index contributed by atoms with van der Waals surface area (Å²) in [6.45, 7) is 8.62. The van der Waals surface area contributed by atoms with Gasteiger partial charge in [0.25, 0.3) is 0 Å². The van der Waals surface area contributed by atoms with Crippen molar-refractivity contribution < 1.29 is 5.11 Å². The van der Waals surface area contributed by atoms with Gasteiger partial charge in [0.15, 0.2) is 5.13 Å². The first-order valence-electron chi connectivity index (χ1n) is 8.29. The quantitative estimate of drug-likeness (QED) is 0.775. The second-order valence-electron chi connectivity index (χ2n) is 5.90. The molecule has 0 saturated heterocycles. The van der Waals surface area contributed by atoms with E-state index in [0.29, 0.717) is 18.4 Å². The Morgan fingerprint density at radius 3 is 2.67 bits per heavy atom. The van der Waals surface area contributed by atoms with E-state index in [0.717, 1.165) is 31.3 Å². The van der Waals surface area contributed by atoms with E-state index >= 15 is 0 Å². The Balaban J connectivity index is 1.78. The van der Waals surface area contributed by atoms with Crippen molar-refractivity contribution in [1.29, 1.82) is 0 Å². The van der Waals surface area contributed by atoms with E-state index in [-0.39, 0.29) is 0 Å². The Labute approximate surface area is 132 Å². The molecule has 1 saturated carbocycles. The lowest BCUT2D eigenvalue weighted by Crippen LogP contribution is -2.32. The van der Waals surface area contributed by atoms with Gasteiger partial charge in [-0.1, -0.05) is 12.8 Å². The molecule has 0 radical (unpaired) electrons. The van der Waals surface area contributed by atoms with Crippen molar-refractivity contribution in [3.8, 4) is 0 Å². The lowest BCUT2D eigenvalue weighted by atomic mass is 9.79. The highest BCUT2D eigenvalue weighted by molar-refractivity contribution is 7.15. The zero-order valence-corrected chi connectivity index (χ0v) is 14.2. The van der Waals surface area contributed by atoms with Crippen LogP contribution >= 0.6 is 11.3 Å². The van der Waals surface area contributed by atoms with Crippen LogP contribution in [-0.2, 0) is 6.54 Å². The Hall–Kier alpha value is -0.650. The lowest BCUT2D eigenvalue weighted by Gasteiger charge is -2.30. The molecule has 0 aliphatic heterocycles. The minimum absolute atomic E-state index is 0.346. The third-order valence-corrected chi connectivity index (χ3v) is 5.64. The minimum Gasteiger partial charge on any atom is -0.396 e. The number of anilines is 1. The number of aliphatic hydroxyl groups excluding tert-OH is 1. The standard InChI is InChI=1S/C16H29N3OS/c1-3-19(4-2)16-18-11-15(21-16)10-17-9-13-7-5-6-8-14(13)12-20/h11,13-14,17,20H,3-10,12H2,1-2H3. The third kappa shape index (κ3) is 4.66. The molecule has 1 aliphatic rings.